The second kappa shape index (κ2) is 20.5. The third kappa shape index (κ3) is 15.8. The number of thiol groups is 4. The van der Waals surface area contributed by atoms with E-state index in [0.717, 1.165) is 34.0 Å². The zero-order valence-electron chi connectivity index (χ0n) is 14.6. The highest BCUT2D eigenvalue weighted by atomic mass is 32.2. The van der Waals surface area contributed by atoms with Crippen LogP contribution in [-0.4, -0.2) is 67.5 Å². The largest absolute Gasteiger partial charge is 0.179 e. The summed E-state index contributed by atoms with van der Waals surface area (Å²) in [7, 11) is 0. The highest BCUT2D eigenvalue weighted by Gasteiger charge is 2.14. The predicted molar refractivity (Wildman–Crippen MR) is 141 cm³/mol. The van der Waals surface area contributed by atoms with Gasteiger partial charge in [-0.2, -0.15) is 97.6 Å². The fraction of sp³-hybridized carbons (Fsp3) is 1.00. The topological polar surface area (TPSA) is 0 Å². The predicted octanol–water partition coefficient (Wildman–Crippen LogP) is 5.93. The zero-order valence-corrected chi connectivity index (χ0v) is 21.5. The van der Waals surface area contributed by atoms with Gasteiger partial charge in [-0.05, 0) is 42.3 Å². The van der Waals surface area contributed by atoms with Crippen LogP contribution in [0.3, 0.4) is 0 Å². The van der Waals surface area contributed by atoms with E-state index in [4.69, 9.17) is 0 Å². The van der Waals surface area contributed by atoms with Crippen LogP contribution >= 0.6 is 97.6 Å². The molecule has 0 saturated heterocycles. The minimum Gasteiger partial charge on any atom is -0.179 e. The molecule has 3 atom stereocenters. The summed E-state index contributed by atoms with van der Waals surface area (Å²) < 4.78 is 0. The molecule has 0 heterocycles. The van der Waals surface area contributed by atoms with Gasteiger partial charge in [0, 0.05) is 44.5 Å². The van der Waals surface area contributed by atoms with Crippen LogP contribution in [0.25, 0.3) is 0 Å². The van der Waals surface area contributed by atoms with Crippen LogP contribution in [0.1, 0.15) is 26.2 Å². The molecular formula is C16H34S8. The standard InChI is InChI=1S/C16H34S8/c1-2-14(4-5-17)24-16(11-20)13-22-8-3-7-21-12-15(10-19)23-9-6-18/h14-20H,2-13H2,1H3/t14?,15-,16+/m0/s1. The van der Waals surface area contributed by atoms with Crippen molar-refractivity contribution in [2.45, 2.75) is 41.9 Å². The first kappa shape index (κ1) is 26.8. The summed E-state index contributed by atoms with van der Waals surface area (Å²) in [5, 5.41) is 2.12. The highest BCUT2D eigenvalue weighted by molar-refractivity contribution is 8.04. The lowest BCUT2D eigenvalue weighted by Crippen LogP contribution is -2.15. The van der Waals surface area contributed by atoms with E-state index < -0.39 is 0 Å². The van der Waals surface area contributed by atoms with E-state index in [2.05, 4.69) is 92.7 Å². The molecule has 0 nitrogen and oxygen atoms in total. The Morgan fingerprint density at radius 2 is 1.38 bits per heavy atom. The van der Waals surface area contributed by atoms with E-state index >= 15 is 0 Å². The quantitative estimate of drug-likeness (QED) is 0.141. The minimum atomic E-state index is 0.681. The van der Waals surface area contributed by atoms with Gasteiger partial charge in [-0.3, -0.25) is 0 Å². The van der Waals surface area contributed by atoms with Gasteiger partial charge in [0.1, 0.15) is 0 Å². The third-order valence-corrected chi connectivity index (χ3v) is 11.3. The van der Waals surface area contributed by atoms with Crippen molar-refractivity contribution in [3.63, 3.8) is 0 Å². The summed E-state index contributed by atoms with van der Waals surface area (Å²) >= 11 is 26.0. The molecule has 0 aromatic rings. The van der Waals surface area contributed by atoms with Crippen LogP contribution in [0.5, 0.6) is 0 Å². The van der Waals surface area contributed by atoms with Gasteiger partial charge < -0.3 is 0 Å². The molecule has 0 aromatic heterocycles. The van der Waals surface area contributed by atoms with Gasteiger partial charge in [-0.25, -0.2) is 0 Å². The number of rotatable bonds is 18. The number of thioether (sulfide) groups is 4. The maximum Gasteiger partial charge on any atom is 0.0229 e. The van der Waals surface area contributed by atoms with E-state index in [1.807, 2.05) is 11.8 Å². The normalized spacial score (nSPS) is 15.4. The molecule has 0 aliphatic carbocycles. The Balaban J connectivity index is 3.65. The molecule has 0 bridgehead atoms. The Bertz CT molecular complexity index is 254. The maximum atomic E-state index is 4.54. The molecule has 1 unspecified atom stereocenters. The van der Waals surface area contributed by atoms with Crippen molar-refractivity contribution in [3.05, 3.63) is 0 Å². The molecule has 0 aromatic carbocycles. The molecule has 0 amide bonds. The van der Waals surface area contributed by atoms with Gasteiger partial charge in [0.25, 0.3) is 0 Å². The first-order valence-electron chi connectivity index (χ1n) is 8.57. The zero-order chi connectivity index (χ0) is 18.0. The lowest BCUT2D eigenvalue weighted by atomic mass is 10.3. The molecule has 24 heavy (non-hydrogen) atoms. The average Bonchev–Trinajstić information content (AvgIpc) is 2.61. The van der Waals surface area contributed by atoms with Crippen molar-refractivity contribution in [3.8, 4) is 0 Å². The summed E-state index contributed by atoms with van der Waals surface area (Å²) in [6.45, 7) is 2.29. The Kier molecular flexibility index (Phi) is 22.9. The summed E-state index contributed by atoms with van der Waals surface area (Å²) in [6, 6.07) is 0. The van der Waals surface area contributed by atoms with Gasteiger partial charge in [-0.1, -0.05) is 6.92 Å². The van der Waals surface area contributed by atoms with Crippen molar-refractivity contribution in [2.24, 2.45) is 0 Å². The highest BCUT2D eigenvalue weighted by Crippen LogP contribution is 2.27. The molecular weight excluding hydrogens is 449 g/mol. The van der Waals surface area contributed by atoms with E-state index in [1.54, 1.807) is 0 Å². The smallest absolute Gasteiger partial charge is 0.0229 e. The molecule has 146 valence electrons. The molecule has 0 aliphatic rings. The Hall–Kier alpha value is 2.80. The van der Waals surface area contributed by atoms with Crippen molar-refractivity contribution in [1.82, 2.24) is 0 Å². The first-order chi connectivity index (χ1) is 11.7. The van der Waals surface area contributed by atoms with Crippen LogP contribution in [0.4, 0.5) is 0 Å². The van der Waals surface area contributed by atoms with E-state index in [-0.39, 0.29) is 0 Å². The van der Waals surface area contributed by atoms with Crippen LogP contribution < -0.4 is 0 Å². The SMILES string of the molecule is CCC(CCS)S[C@H](CS)CSCCCSC[C@H](CS)SCCS. The second-order valence-corrected chi connectivity index (χ2v) is 12.3. The van der Waals surface area contributed by atoms with E-state index in [1.165, 1.54) is 42.3 Å². The molecule has 0 fully saturated rings. The molecule has 8 heteroatoms. The van der Waals surface area contributed by atoms with E-state index in [9.17, 15) is 0 Å². The molecule has 0 rings (SSSR count). The molecule has 0 spiro atoms. The Labute approximate surface area is 189 Å². The lowest BCUT2D eigenvalue weighted by molar-refractivity contribution is 0.796. The molecule has 0 N–H and O–H groups in total. The van der Waals surface area contributed by atoms with Gasteiger partial charge in [0.15, 0.2) is 0 Å². The fourth-order valence-electron chi connectivity index (χ4n) is 1.99. The molecule has 0 aliphatic heterocycles. The molecule has 0 radical (unpaired) electrons. The Morgan fingerprint density at radius 1 is 0.750 bits per heavy atom. The van der Waals surface area contributed by atoms with Crippen molar-refractivity contribution in [1.29, 1.82) is 0 Å². The summed E-state index contributed by atoms with van der Waals surface area (Å²) in [6.07, 6.45) is 3.77. The van der Waals surface area contributed by atoms with Gasteiger partial charge in [0.2, 0.25) is 0 Å². The monoisotopic (exact) mass is 482 g/mol. The lowest BCUT2D eigenvalue weighted by Gasteiger charge is -2.20. The second-order valence-electron chi connectivity index (χ2n) is 5.39. The number of hydrogen-bond donors (Lipinski definition) is 4. The van der Waals surface area contributed by atoms with Crippen molar-refractivity contribution < 1.29 is 0 Å². The minimum absolute atomic E-state index is 0.681. The van der Waals surface area contributed by atoms with Gasteiger partial charge in [-0.15, -0.1) is 0 Å². The van der Waals surface area contributed by atoms with Gasteiger partial charge in [0.05, 0.1) is 0 Å². The number of hydrogen-bond acceptors (Lipinski definition) is 8. The van der Waals surface area contributed by atoms with Gasteiger partial charge >= 0.3 is 0 Å². The van der Waals surface area contributed by atoms with Crippen LogP contribution in [0, 0.1) is 0 Å². The average molecular weight is 483 g/mol. The summed E-state index contributed by atoms with van der Waals surface area (Å²) in [4.78, 5) is 0. The van der Waals surface area contributed by atoms with Crippen molar-refractivity contribution in [2.75, 3.05) is 51.8 Å². The third-order valence-electron chi connectivity index (χ3n) is 3.33. The fourth-order valence-corrected chi connectivity index (χ4v) is 8.84. The van der Waals surface area contributed by atoms with Crippen LogP contribution in [0.15, 0.2) is 0 Å². The van der Waals surface area contributed by atoms with E-state index in [0.29, 0.717) is 10.5 Å². The molecule has 0 saturated carbocycles. The van der Waals surface area contributed by atoms with Crippen molar-refractivity contribution >= 4 is 97.6 Å². The van der Waals surface area contributed by atoms with Crippen LogP contribution in [-0.2, 0) is 0 Å². The van der Waals surface area contributed by atoms with Crippen LogP contribution in [0.2, 0.25) is 0 Å². The maximum absolute atomic E-state index is 4.54. The summed E-state index contributed by atoms with van der Waals surface area (Å²) in [5.41, 5.74) is 0. The summed E-state index contributed by atoms with van der Waals surface area (Å²) in [5.74, 6) is 10.1. The Morgan fingerprint density at radius 3 is 1.88 bits per heavy atom. The first-order valence-corrected chi connectivity index (χ1v) is 15.4.